The van der Waals surface area contributed by atoms with Crippen molar-refractivity contribution < 1.29 is 17.6 Å². The summed E-state index contributed by atoms with van der Waals surface area (Å²) < 4.78 is 39.5. The summed E-state index contributed by atoms with van der Waals surface area (Å²) in [5.41, 5.74) is 2.48. The lowest BCUT2D eigenvalue weighted by Crippen LogP contribution is -2.37. The van der Waals surface area contributed by atoms with Crippen molar-refractivity contribution in [1.29, 1.82) is 0 Å². The third-order valence-electron chi connectivity index (χ3n) is 5.30. The number of fused-ring (bicyclic) bond motifs is 1. The molecule has 2 aromatic heterocycles. The van der Waals surface area contributed by atoms with E-state index >= 15 is 0 Å². The van der Waals surface area contributed by atoms with Gasteiger partial charge in [0.2, 0.25) is 10.0 Å². The Kier molecular flexibility index (Phi) is 5.79. The molecular formula is C22H22FN5O3S. The fraction of sp³-hybridized carbons (Fsp3) is 0.227. The number of carbonyl (C=O) groups is 1. The fourth-order valence-corrected chi connectivity index (χ4v) is 4.19. The summed E-state index contributed by atoms with van der Waals surface area (Å²) in [6, 6.07) is 5.60. The van der Waals surface area contributed by atoms with Gasteiger partial charge in [0, 0.05) is 17.8 Å². The van der Waals surface area contributed by atoms with E-state index in [1.54, 1.807) is 41.4 Å². The highest BCUT2D eigenvalue weighted by atomic mass is 32.2. The Bertz CT molecular complexity index is 1330. The second-order valence-corrected chi connectivity index (χ2v) is 9.37. The van der Waals surface area contributed by atoms with Crippen LogP contribution in [0.1, 0.15) is 23.7 Å². The number of rotatable bonds is 6. The van der Waals surface area contributed by atoms with Gasteiger partial charge in [-0.25, -0.2) is 17.5 Å². The van der Waals surface area contributed by atoms with Gasteiger partial charge in [0.1, 0.15) is 5.82 Å². The molecule has 3 aromatic rings. The second kappa shape index (κ2) is 8.54. The largest absolute Gasteiger partial charge is 0.345 e. The molecule has 0 saturated carbocycles. The average Bonchev–Trinajstić information content (AvgIpc) is 3.21. The number of halogens is 1. The average molecular weight is 456 g/mol. The Morgan fingerprint density at radius 2 is 1.97 bits per heavy atom. The number of benzene rings is 1. The van der Waals surface area contributed by atoms with Crippen LogP contribution in [-0.2, 0) is 10.0 Å². The molecule has 0 saturated heterocycles. The molecule has 1 atom stereocenters. The Morgan fingerprint density at radius 1 is 1.22 bits per heavy atom. The molecular weight excluding hydrogens is 433 g/mol. The van der Waals surface area contributed by atoms with E-state index in [2.05, 4.69) is 15.4 Å². The Labute approximate surface area is 185 Å². The molecule has 0 bridgehead atoms. The van der Waals surface area contributed by atoms with E-state index in [0.717, 1.165) is 11.8 Å². The van der Waals surface area contributed by atoms with Crippen LogP contribution in [0.2, 0.25) is 0 Å². The predicted octanol–water partition coefficient (Wildman–Crippen LogP) is 2.78. The molecule has 1 aliphatic heterocycles. The minimum absolute atomic E-state index is 0.221. The van der Waals surface area contributed by atoms with Crippen molar-refractivity contribution in [1.82, 2.24) is 24.4 Å². The molecule has 1 N–H and O–H groups in total. The van der Waals surface area contributed by atoms with Crippen LogP contribution >= 0.6 is 0 Å². The number of hydrogen-bond acceptors (Lipinski definition) is 5. The minimum Gasteiger partial charge on any atom is -0.345 e. The maximum Gasteiger partial charge on any atom is 0.254 e. The van der Waals surface area contributed by atoms with Gasteiger partial charge in [-0.1, -0.05) is 13.0 Å². The van der Waals surface area contributed by atoms with E-state index in [0.29, 0.717) is 28.6 Å². The van der Waals surface area contributed by atoms with Crippen molar-refractivity contribution in [2.75, 3.05) is 12.8 Å². The molecule has 0 radical (unpaired) electrons. The summed E-state index contributed by atoms with van der Waals surface area (Å²) in [5.74, 6) is -0.659. The molecule has 10 heteroatoms. The maximum atomic E-state index is 13.3. The van der Waals surface area contributed by atoms with Crippen molar-refractivity contribution >= 4 is 26.8 Å². The van der Waals surface area contributed by atoms with Crippen molar-refractivity contribution in [3.8, 4) is 5.69 Å². The molecule has 1 amide bonds. The molecule has 3 heterocycles. The quantitative estimate of drug-likeness (QED) is 0.617. The topological polar surface area (TPSA) is 97.2 Å². The number of hydrogen-bond donors (Lipinski definition) is 1. The van der Waals surface area contributed by atoms with Crippen LogP contribution in [0.4, 0.5) is 4.39 Å². The summed E-state index contributed by atoms with van der Waals surface area (Å²) in [5, 5.41) is 7.97. The monoisotopic (exact) mass is 455 g/mol. The van der Waals surface area contributed by atoms with Gasteiger partial charge in [-0.2, -0.15) is 5.10 Å². The lowest BCUT2D eigenvalue weighted by molar-refractivity contribution is 0.0943. The van der Waals surface area contributed by atoms with E-state index in [-0.39, 0.29) is 24.3 Å². The minimum atomic E-state index is -3.32. The highest BCUT2D eigenvalue weighted by molar-refractivity contribution is 7.88. The summed E-state index contributed by atoms with van der Waals surface area (Å²) in [6.07, 6.45) is 11.4. The first kappa shape index (κ1) is 21.7. The molecule has 0 spiro atoms. The summed E-state index contributed by atoms with van der Waals surface area (Å²) in [7, 11) is -3.32. The van der Waals surface area contributed by atoms with E-state index < -0.39 is 10.0 Å². The summed E-state index contributed by atoms with van der Waals surface area (Å²) in [4.78, 5) is 17.3. The van der Waals surface area contributed by atoms with Crippen molar-refractivity contribution in [3.63, 3.8) is 0 Å². The van der Waals surface area contributed by atoms with E-state index in [1.165, 1.54) is 28.8 Å². The number of nitrogens with zero attached hydrogens (tertiary/aromatic N) is 4. The number of carbonyl (C=O) groups excluding carboxylic acids is 1. The number of nitrogens with one attached hydrogen (secondary N) is 1. The smallest absolute Gasteiger partial charge is 0.254 e. The summed E-state index contributed by atoms with van der Waals surface area (Å²) >= 11 is 0. The van der Waals surface area contributed by atoms with Gasteiger partial charge < -0.3 is 5.32 Å². The van der Waals surface area contributed by atoms with Gasteiger partial charge in [-0.15, -0.1) is 0 Å². The second-order valence-electron chi connectivity index (χ2n) is 7.44. The maximum absolute atomic E-state index is 13.3. The van der Waals surface area contributed by atoms with Crippen LogP contribution < -0.4 is 5.32 Å². The number of sulfonamides is 1. The van der Waals surface area contributed by atoms with Crippen LogP contribution in [0.15, 0.2) is 66.8 Å². The predicted molar refractivity (Wildman–Crippen MR) is 119 cm³/mol. The molecule has 1 aromatic carbocycles. The molecule has 0 aliphatic carbocycles. The van der Waals surface area contributed by atoms with E-state index in [4.69, 9.17) is 0 Å². The van der Waals surface area contributed by atoms with Crippen molar-refractivity contribution in [2.45, 2.75) is 19.4 Å². The lowest BCUT2D eigenvalue weighted by atomic mass is 10.0. The molecule has 0 unspecified atom stereocenters. The Balaban J connectivity index is 1.58. The van der Waals surface area contributed by atoms with E-state index in [9.17, 15) is 17.6 Å². The third kappa shape index (κ3) is 4.26. The first-order chi connectivity index (χ1) is 15.3. The molecule has 8 nitrogen and oxygen atoms in total. The highest BCUT2D eigenvalue weighted by Gasteiger charge is 2.21. The fourth-order valence-electron chi connectivity index (χ4n) is 3.57. The van der Waals surface area contributed by atoms with Gasteiger partial charge in [0.05, 0.1) is 48.0 Å². The van der Waals surface area contributed by atoms with Gasteiger partial charge in [-0.05, 0) is 42.3 Å². The first-order valence-electron chi connectivity index (χ1n) is 10.0. The van der Waals surface area contributed by atoms with Crippen LogP contribution in [0, 0.1) is 5.82 Å². The summed E-state index contributed by atoms with van der Waals surface area (Å²) in [6.45, 7) is 2.16. The normalized spacial score (nSPS) is 15.0. The molecule has 32 heavy (non-hydrogen) atoms. The van der Waals surface area contributed by atoms with Crippen LogP contribution in [0.5, 0.6) is 0 Å². The zero-order valence-electron chi connectivity index (χ0n) is 17.6. The van der Waals surface area contributed by atoms with Crippen LogP contribution in [-0.4, -0.2) is 52.2 Å². The van der Waals surface area contributed by atoms with Crippen molar-refractivity contribution in [2.24, 2.45) is 0 Å². The molecule has 4 rings (SSSR count). The molecule has 166 valence electrons. The van der Waals surface area contributed by atoms with E-state index in [1.807, 2.05) is 6.92 Å². The Morgan fingerprint density at radius 3 is 2.59 bits per heavy atom. The van der Waals surface area contributed by atoms with Crippen LogP contribution in [0.25, 0.3) is 16.6 Å². The zero-order chi connectivity index (χ0) is 22.9. The molecule has 0 fully saturated rings. The van der Waals surface area contributed by atoms with Crippen LogP contribution in [0.3, 0.4) is 0 Å². The Hall–Kier alpha value is -3.53. The van der Waals surface area contributed by atoms with Crippen molar-refractivity contribution in [3.05, 3.63) is 78.2 Å². The van der Waals surface area contributed by atoms with Gasteiger partial charge >= 0.3 is 0 Å². The number of amides is 1. The van der Waals surface area contributed by atoms with Gasteiger partial charge in [0.25, 0.3) is 5.91 Å². The first-order valence-corrected chi connectivity index (χ1v) is 11.9. The number of aromatic nitrogens is 3. The standard InChI is InChI=1S/C22H22FN5O3S/c1-3-20(15-8-10-27(11-9-15)32(2,30)31)26-22(29)19-12-24-14-21-18(19)13-25-28(21)17-6-4-16(23)5-7-17/h4-10,12-14,20H,3,11H2,1-2H3,(H,26,29)/t20-/m0/s1. The van der Waals surface area contributed by atoms with Gasteiger partial charge in [0.15, 0.2) is 0 Å². The SMILES string of the molecule is CC[C@H](NC(=O)c1cncc2c1cnn2-c1ccc(F)cc1)C1=CCN(S(C)(=O)=O)C=C1. The van der Waals surface area contributed by atoms with Gasteiger partial charge in [-0.3, -0.25) is 14.1 Å². The third-order valence-corrected chi connectivity index (χ3v) is 6.42. The molecule has 1 aliphatic rings. The lowest BCUT2D eigenvalue weighted by Gasteiger charge is -2.25. The number of pyridine rings is 1. The zero-order valence-corrected chi connectivity index (χ0v) is 18.4. The highest BCUT2D eigenvalue weighted by Crippen LogP contribution is 2.22.